The van der Waals surface area contributed by atoms with E-state index in [1.54, 1.807) is 0 Å². The highest BCUT2D eigenvalue weighted by atomic mass is 35.5. The number of halogens is 2. The van der Waals surface area contributed by atoms with E-state index < -0.39 is 0 Å². The molecular formula is C7H10Cl2N4O. The van der Waals surface area contributed by atoms with Gasteiger partial charge in [-0.2, -0.15) is 15.0 Å². The van der Waals surface area contributed by atoms with Crippen LogP contribution in [0.3, 0.4) is 0 Å². The third-order valence-corrected chi connectivity index (χ3v) is 1.97. The smallest absolute Gasteiger partial charge is 0.228 e. The quantitative estimate of drug-likeness (QED) is 0.827. The van der Waals surface area contributed by atoms with E-state index in [9.17, 15) is 0 Å². The molecule has 5 nitrogen and oxygen atoms in total. The monoisotopic (exact) mass is 236 g/mol. The summed E-state index contributed by atoms with van der Waals surface area (Å²) in [6.07, 6.45) is 0.747. The summed E-state index contributed by atoms with van der Waals surface area (Å²) in [5.41, 5.74) is 0. The van der Waals surface area contributed by atoms with E-state index in [0.717, 1.165) is 6.42 Å². The van der Waals surface area contributed by atoms with Crippen LogP contribution in [-0.2, 0) is 0 Å². The number of nitrogens with zero attached hydrogens (tertiary/aromatic N) is 3. The zero-order valence-corrected chi connectivity index (χ0v) is 9.05. The Bertz CT molecular complexity index is 285. The van der Waals surface area contributed by atoms with Gasteiger partial charge in [-0.15, -0.1) is 0 Å². The predicted octanol–water partition coefficient (Wildman–Crippen LogP) is 1.36. The molecule has 0 saturated heterocycles. The van der Waals surface area contributed by atoms with E-state index in [1.807, 2.05) is 6.92 Å². The Kier molecular flexibility index (Phi) is 4.31. The molecule has 1 heterocycles. The SMILES string of the molecule is CCC(CO)Nc1nc(Cl)nc(Cl)n1. The lowest BCUT2D eigenvalue weighted by molar-refractivity contribution is 0.271. The van der Waals surface area contributed by atoms with Crippen LogP contribution in [0.4, 0.5) is 5.95 Å². The third-order valence-electron chi connectivity index (χ3n) is 1.63. The lowest BCUT2D eigenvalue weighted by Gasteiger charge is -2.13. The van der Waals surface area contributed by atoms with Crippen LogP contribution >= 0.6 is 23.2 Å². The minimum atomic E-state index is -0.107. The van der Waals surface area contributed by atoms with Crippen LogP contribution in [0.25, 0.3) is 0 Å². The van der Waals surface area contributed by atoms with Gasteiger partial charge in [0.2, 0.25) is 16.5 Å². The summed E-state index contributed by atoms with van der Waals surface area (Å²) >= 11 is 11.1. The van der Waals surface area contributed by atoms with Crippen LogP contribution in [0.5, 0.6) is 0 Å². The van der Waals surface area contributed by atoms with Crippen LogP contribution in [-0.4, -0.2) is 32.7 Å². The van der Waals surface area contributed by atoms with Gasteiger partial charge in [0.15, 0.2) is 0 Å². The summed E-state index contributed by atoms with van der Waals surface area (Å²) in [6, 6.07) is -0.107. The van der Waals surface area contributed by atoms with Gasteiger partial charge in [0.1, 0.15) is 0 Å². The van der Waals surface area contributed by atoms with Gasteiger partial charge in [0.25, 0.3) is 0 Å². The maximum absolute atomic E-state index is 8.93. The minimum absolute atomic E-state index is 0.00256. The highest BCUT2D eigenvalue weighted by Gasteiger charge is 2.08. The number of anilines is 1. The van der Waals surface area contributed by atoms with Crippen molar-refractivity contribution < 1.29 is 5.11 Å². The van der Waals surface area contributed by atoms with Gasteiger partial charge in [0, 0.05) is 0 Å². The van der Waals surface area contributed by atoms with Crippen molar-refractivity contribution in [2.24, 2.45) is 0 Å². The zero-order valence-electron chi connectivity index (χ0n) is 7.54. The van der Waals surface area contributed by atoms with Crippen molar-refractivity contribution in [2.75, 3.05) is 11.9 Å². The summed E-state index contributed by atoms with van der Waals surface area (Å²) in [7, 11) is 0. The fourth-order valence-electron chi connectivity index (χ4n) is 0.850. The summed E-state index contributed by atoms with van der Waals surface area (Å²) < 4.78 is 0. The lowest BCUT2D eigenvalue weighted by Crippen LogP contribution is -2.24. The van der Waals surface area contributed by atoms with Crippen molar-refractivity contribution in [3.05, 3.63) is 10.6 Å². The van der Waals surface area contributed by atoms with Gasteiger partial charge in [-0.3, -0.25) is 0 Å². The van der Waals surface area contributed by atoms with Gasteiger partial charge < -0.3 is 10.4 Å². The highest BCUT2D eigenvalue weighted by Crippen LogP contribution is 2.10. The van der Waals surface area contributed by atoms with E-state index >= 15 is 0 Å². The second kappa shape index (κ2) is 5.29. The molecular weight excluding hydrogens is 227 g/mol. The Morgan fingerprint density at radius 3 is 2.29 bits per heavy atom. The number of hydrogen-bond donors (Lipinski definition) is 2. The van der Waals surface area contributed by atoms with Crippen molar-refractivity contribution in [2.45, 2.75) is 19.4 Å². The van der Waals surface area contributed by atoms with Crippen molar-refractivity contribution in [1.82, 2.24) is 15.0 Å². The largest absolute Gasteiger partial charge is 0.394 e. The second-order valence-electron chi connectivity index (χ2n) is 2.63. The standard InChI is InChI=1S/C7H10Cl2N4O/c1-2-4(3-14)10-7-12-5(8)11-6(9)13-7/h4,14H,2-3H2,1H3,(H,10,11,12,13). The average molecular weight is 237 g/mol. The molecule has 1 aromatic rings. The van der Waals surface area contributed by atoms with E-state index in [0.29, 0.717) is 0 Å². The third kappa shape index (κ3) is 3.25. The molecule has 1 atom stereocenters. The number of hydrogen-bond acceptors (Lipinski definition) is 5. The Morgan fingerprint density at radius 1 is 1.29 bits per heavy atom. The lowest BCUT2D eigenvalue weighted by atomic mass is 10.2. The maximum atomic E-state index is 8.93. The van der Waals surface area contributed by atoms with Gasteiger partial charge in [-0.25, -0.2) is 0 Å². The molecule has 0 saturated carbocycles. The summed E-state index contributed by atoms with van der Waals surface area (Å²) in [5, 5.41) is 11.9. The number of aromatic nitrogens is 3. The molecule has 78 valence electrons. The molecule has 7 heteroatoms. The first-order valence-corrected chi connectivity index (χ1v) is 4.85. The molecule has 1 aromatic heterocycles. The molecule has 0 radical (unpaired) electrons. The van der Waals surface area contributed by atoms with E-state index in [1.165, 1.54) is 0 Å². The number of aliphatic hydroxyl groups excluding tert-OH is 1. The number of nitrogens with one attached hydrogen (secondary N) is 1. The molecule has 0 amide bonds. The van der Waals surface area contributed by atoms with Crippen LogP contribution < -0.4 is 5.32 Å². The van der Waals surface area contributed by atoms with Crippen molar-refractivity contribution in [1.29, 1.82) is 0 Å². The summed E-state index contributed by atoms with van der Waals surface area (Å²) in [5.74, 6) is 0.274. The first-order valence-electron chi connectivity index (χ1n) is 4.10. The molecule has 0 aromatic carbocycles. The van der Waals surface area contributed by atoms with Crippen molar-refractivity contribution in [3.63, 3.8) is 0 Å². The Balaban J connectivity index is 2.75. The molecule has 2 N–H and O–H groups in total. The second-order valence-corrected chi connectivity index (χ2v) is 3.31. The number of aliphatic hydroxyl groups is 1. The molecule has 1 rings (SSSR count). The fourth-order valence-corrected chi connectivity index (χ4v) is 1.21. The first kappa shape index (κ1) is 11.4. The summed E-state index contributed by atoms with van der Waals surface area (Å²) in [6.45, 7) is 1.93. The molecule has 0 spiro atoms. The van der Waals surface area contributed by atoms with Crippen molar-refractivity contribution in [3.8, 4) is 0 Å². The van der Waals surface area contributed by atoms with Crippen LogP contribution in [0, 0.1) is 0 Å². The average Bonchev–Trinajstić information content (AvgIpc) is 2.12. The van der Waals surface area contributed by atoms with Crippen LogP contribution in [0.1, 0.15) is 13.3 Å². The van der Waals surface area contributed by atoms with E-state index in [4.69, 9.17) is 28.3 Å². The molecule has 0 fully saturated rings. The van der Waals surface area contributed by atoms with E-state index in [2.05, 4.69) is 20.3 Å². The van der Waals surface area contributed by atoms with Gasteiger partial charge in [-0.05, 0) is 29.6 Å². The van der Waals surface area contributed by atoms with Crippen LogP contribution in [0.15, 0.2) is 0 Å². The fraction of sp³-hybridized carbons (Fsp3) is 0.571. The van der Waals surface area contributed by atoms with Gasteiger partial charge >= 0.3 is 0 Å². The zero-order chi connectivity index (χ0) is 10.6. The molecule has 14 heavy (non-hydrogen) atoms. The van der Waals surface area contributed by atoms with Gasteiger partial charge in [0.05, 0.1) is 12.6 Å². The van der Waals surface area contributed by atoms with Crippen LogP contribution in [0.2, 0.25) is 10.6 Å². The first-order chi connectivity index (χ1) is 6.65. The molecule has 1 unspecified atom stereocenters. The predicted molar refractivity (Wildman–Crippen MR) is 54.6 cm³/mol. The molecule has 0 aliphatic heterocycles. The topological polar surface area (TPSA) is 70.9 Å². The molecule has 0 bridgehead atoms. The van der Waals surface area contributed by atoms with Gasteiger partial charge in [-0.1, -0.05) is 6.92 Å². The Morgan fingerprint density at radius 2 is 1.86 bits per heavy atom. The maximum Gasteiger partial charge on any atom is 0.228 e. The normalized spacial score (nSPS) is 12.6. The van der Waals surface area contributed by atoms with Crippen molar-refractivity contribution >= 4 is 29.2 Å². The van der Waals surface area contributed by atoms with E-state index in [-0.39, 0.29) is 29.2 Å². The number of rotatable bonds is 4. The highest BCUT2D eigenvalue weighted by molar-refractivity contribution is 6.31. The molecule has 0 aliphatic carbocycles. The molecule has 0 aliphatic rings. The minimum Gasteiger partial charge on any atom is -0.394 e. The Labute approximate surface area is 91.5 Å². The summed E-state index contributed by atoms with van der Waals surface area (Å²) in [4.78, 5) is 11.2. The Hall–Kier alpha value is -0.650.